The Kier molecular flexibility index (Phi) is 3.68. The molecule has 0 saturated carbocycles. The Labute approximate surface area is 144 Å². The van der Waals surface area contributed by atoms with Gasteiger partial charge in [0.15, 0.2) is 5.65 Å². The summed E-state index contributed by atoms with van der Waals surface area (Å²) in [6.07, 6.45) is -0.486. The minimum atomic E-state index is -4.48. The van der Waals surface area contributed by atoms with Gasteiger partial charge < -0.3 is 0 Å². The second-order valence-corrected chi connectivity index (χ2v) is 5.61. The number of fused-ring (bicyclic) bond motifs is 1. The number of alkyl halides is 3. The molecule has 4 aromatic rings. The molecular weight excluding hydrogens is 348 g/mol. The van der Waals surface area contributed by atoms with Crippen molar-refractivity contribution < 1.29 is 17.6 Å². The molecule has 0 amide bonds. The van der Waals surface area contributed by atoms with Crippen LogP contribution in [0, 0.1) is 5.82 Å². The number of hydrogen-bond acceptors (Lipinski definition) is 3. The predicted molar refractivity (Wildman–Crippen MR) is 86.6 cm³/mol. The first-order valence-electron chi connectivity index (χ1n) is 7.55. The van der Waals surface area contributed by atoms with Gasteiger partial charge in [-0.3, -0.25) is 4.98 Å². The maximum absolute atomic E-state index is 13.8. The van der Waals surface area contributed by atoms with Crippen molar-refractivity contribution in [1.29, 1.82) is 0 Å². The van der Waals surface area contributed by atoms with Crippen molar-refractivity contribution in [2.45, 2.75) is 6.18 Å². The molecule has 3 aromatic heterocycles. The first kappa shape index (κ1) is 16.2. The summed E-state index contributed by atoms with van der Waals surface area (Å²) in [6, 6.07) is 9.37. The molecule has 3 heterocycles. The average molecular weight is 358 g/mol. The van der Waals surface area contributed by atoms with E-state index in [4.69, 9.17) is 0 Å². The lowest BCUT2D eigenvalue weighted by Crippen LogP contribution is -2.04. The van der Waals surface area contributed by atoms with Crippen LogP contribution in [0.5, 0.6) is 0 Å². The van der Waals surface area contributed by atoms with Gasteiger partial charge in [0.1, 0.15) is 12.1 Å². The molecule has 0 saturated heterocycles. The van der Waals surface area contributed by atoms with E-state index in [0.29, 0.717) is 16.8 Å². The van der Waals surface area contributed by atoms with E-state index >= 15 is 0 Å². The lowest BCUT2D eigenvalue weighted by molar-refractivity contribution is -0.137. The summed E-state index contributed by atoms with van der Waals surface area (Å²) in [5.41, 5.74) is 1.18. The van der Waals surface area contributed by atoms with Gasteiger partial charge in [-0.1, -0.05) is 12.1 Å². The Morgan fingerprint density at radius 2 is 1.77 bits per heavy atom. The number of benzene rings is 1. The van der Waals surface area contributed by atoms with Gasteiger partial charge in [0.2, 0.25) is 0 Å². The van der Waals surface area contributed by atoms with Gasteiger partial charge in [0.05, 0.1) is 17.5 Å². The summed E-state index contributed by atoms with van der Waals surface area (Å²) in [4.78, 5) is 8.10. The molecule has 130 valence electrons. The van der Waals surface area contributed by atoms with Gasteiger partial charge in [0.25, 0.3) is 0 Å². The number of pyridine rings is 2. The average Bonchev–Trinajstić information content (AvgIpc) is 3.08. The Morgan fingerprint density at radius 1 is 0.923 bits per heavy atom. The van der Waals surface area contributed by atoms with Crippen molar-refractivity contribution in [1.82, 2.24) is 19.6 Å². The van der Waals surface area contributed by atoms with E-state index in [2.05, 4.69) is 15.1 Å². The monoisotopic (exact) mass is 358 g/mol. The van der Waals surface area contributed by atoms with Crippen molar-refractivity contribution in [2.24, 2.45) is 0 Å². The Balaban J connectivity index is 1.90. The standard InChI is InChI=1S/C18H10F4N4/c19-14-8-15(11-4-5-26-16(7-11)24-10-25-26)17(23-9-14)12-2-1-3-13(6-12)18(20,21)22/h1-10H. The predicted octanol–water partition coefficient (Wildman–Crippen LogP) is 4.62. The van der Waals surface area contributed by atoms with Crippen LogP contribution in [-0.4, -0.2) is 19.6 Å². The zero-order chi connectivity index (χ0) is 18.3. The quantitative estimate of drug-likeness (QED) is 0.491. The number of rotatable bonds is 2. The van der Waals surface area contributed by atoms with E-state index in [1.165, 1.54) is 29.0 Å². The number of halogens is 4. The molecule has 0 aliphatic rings. The third kappa shape index (κ3) is 2.90. The maximum atomic E-state index is 13.8. The summed E-state index contributed by atoms with van der Waals surface area (Å²) >= 11 is 0. The van der Waals surface area contributed by atoms with Crippen molar-refractivity contribution in [3.8, 4) is 22.4 Å². The van der Waals surface area contributed by atoms with Crippen LogP contribution < -0.4 is 0 Å². The zero-order valence-electron chi connectivity index (χ0n) is 13.1. The summed E-state index contributed by atoms with van der Waals surface area (Å²) in [6.45, 7) is 0. The number of nitrogens with zero attached hydrogens (tertiary/aromatic N) is 4. The summed E-state index contributed by atoms with van der Waals surface area (Å²) in [5.74, 6) is -0.586. The summed E-state index contributed by atoms with van der Waals surface area (Å²) in [5, 5.41) is 3.98. The van der Waals surface area contributed by atoms with Gasteiger partial charge in [0, 0.05) is 17.3 Å². The van der Waals surface area contributed by atoms with E-state index < -0.39 is 17.6 Å². The fourth-order valence-corrected chi connectivity index (χ4v) is 2.71. The SMILES string of the molecule is Fc1cnc(-c2cccc(C(F)(F)F)c2)c(-c2ccn3ncnc3c2)c1. The Morgan fingerprint density at radius 3 is 2.58 bits per heavy atom. The van der Waals surface area contributed by atoms with Crippen LogP contribution >= 0.6 is 0 Å². The van der Waals surface area contributed by atoms with Crippen molar-refractivity contribution in [3.05, 3.63) is 72.6 Å². The highest BCUT2D eigenvalue weighted by Crippen LogP contribution is 2.35. The lowest BCUT2D eigenvalue weighted by Gasteiger charge is -2.12. The highest BCUT2D eigenvalue weighted by Gasteiger charge is 2.30. The first-order chi connectivity index (χ1) is 12.4. The first-order valence-corrected chi connectivity index (χ1v) is 7.55. The smallest absolute Gasteiger partial charge is 0.253 e. The molecule has 4 nitrogen and oxygen atoms in total. The van der Waals surface area contributed by atoms with Crippen molar-refractivity contribution in [3.63, 3.8) is 0 Å². The Bertz CT molecular complexity index is 1100. The molecule has 0 fully saturated rings. The topological polar surface area (TPSA) is 43.1 Å². The largest absolute Gasteiger partial charge is 0.416 e. The molecule has 8 heteroatoms. The van der Waals surface area contributed by atoms with E-state index in [1.807, 2.05) is 0 Å². The fraction of sp³-hybridized carbons (Fsp3) is 0.0556. The normalized spacial score (nSPS) is 11.8. The molecular formula is C18H10F4N4. The summed E-state index contributed by atoms with van der Waals surface area (Å²) in [7, 11) is 0. The molecule has 0 N–H and O–H groups in total. The van der Waals surface area contributed by atoms with Gasteiger partial charge >= 0.3 is 6.18 Å². The van der Waals surface area contributed by atoms with Gasteiger partial charge in [-0.05, 0) is 35.9 Å². The van der Waals surface area contributed by atoms with Gasteiger partial charge in [-0.15, -0.1) is 0 Å². The highest BCUT2D eigenvalue weighted by atomic mass is 19.4. The summed E-state index contributed by atoms with van der Waals surface area (Å²) < 4.78 is 54.4. The van der Waals surface area contributed by atoms with E-state index in [-0.39, 0.29) is 11.3 Å². The third-order valence-corrected chi connectivity index (χ3v) is 3.91. The maximum Gasteiger partial charge on any atom is 0.416 e. The fourth-order valence-electron chi connectivity index (χ4n) is 2.71. The highest BCUT2D eigenvalue weighted by molar-refractivity contribution is 5.82. The number of hydrogen-bond donors (Lipinski definition) is 0. The molecule has 0 aliphatic heterocycles. The van der Waals surface area contributed by atoms with Crippen molar-refractivity contribution >= 4 is 5.65 Å². The van der Waals surface area contributed by atoms with Crippen LogP contribution in [0.25, 0.3) is 28.0 Å². The molecule has 4 rings (SSSR count). The van der Waals surface area contributed by atoms with Crippen LogP contribution in [0.4, 0.5) is 17.6 Å². The van der Waals surface area contributed by atoms with E-state index in [1.54, 1.807) is 18.3 Å². The van der Waals surface area contributed by atoms with Gasteiger partial charge in [-0.2, -0.15) is 18.3 Å². The van der Waals surface area contributed by atoms with E-state index in [9.17, 15) is 17.6 Å². The van der Waals surface area contributed by atoms with Crippen LogP contribution in [-0.2, 0) is 6.18 Å². The molecule has 0 bridgehead atoms. The molecule has 0 unspecified atom stereocenters. The van der Waals surface area contributed by atoms with E-state index in [0.717, 1.165) is 18.3 Å². The van der Waals surface area contributed by atoms with Crippen molar-refractivity contribution in [2.75, 3.05) is 0 Å². The number of aromatic nitrogens is 4. The molecule has 0 radical (unpaired) electrons. The van der Waals surface area contributed by atoms with Crippen LogP contribution in [0.1, 0.15) is 5.56 Å². The van der Waals surface area contributed by atoms with Crippen LogP contribution in [0.2, 0.25) is 0 Å². The molecule has 0 atom stereocenters. The molecule has 0 aliphatic carbocycles. The Hall–Kier alpha value is -3.29. The molecule has 0 spiro atoms. The molecule has 1 aromatic carbocycles. The van der Waals surface area contributed by atoms with Crippen LogP contribution in [0.15, 0.2) is 61.2 Å². The van der Waals surface area contributed by atoms with Crippen LogP contribution in [0.3, 0.4) is 0 Å². The zero-order valence-corrected chi connectivity index (χ0v) is 13.1. The van der Waals surface area contributed by atoms with Gasteiger partial charge in [-0.25, -0.2) is 13.9 Å². The third-order valence-electron chi connectivity index (χ3n) is 3.91. The minimum Gasteiger partial charge on any atom is -0.253 e. The lowest BCUT2D eigenvalue weighted by atomic mass is 9.98. The second kappa shape index (κ2) is 5.91. The molecule has 26 heavy (non-hydrogen) atoms. The minimum absolute atomic E-state index is 0.246. The second-order valence-electron chi connectivity index (χ2n) is 5.61.